The molecule has 0 bridgehead atoms. The topological polar surface area (TPSA) is 49.3 Å². The van der Waals surface area contributed by atoms with Crippen molar-refractivity contribution in [3.63, 3.8) is 0 Å². The van der Waals surface area contributed by atoms with E-state index in [0.29, 0.717) is 0 Å². The average Bonchev–Trinajstić information content (AvgIpc) is 3.51. The molecular weight excluding hydrogens is 424 g/mol. The van der Waals surface area contributed by atoms with Gasteiger partial charge >= 0.3 is 0 Å². The molecule has 7 heteroatoms. The zero-order valence-electron chi connectivity index (χ0n) is 17.5. The molecule has 1 aromatic carbocycles. The van der Waals surface area contributed by atoms with Gasteiger partial charge in [0.25, 0.3) is 5.91 Å². The van der Waals surface area contributed by atoms with Gasteiger partial charge in [-0.25, -0.2) is 9.97 Å². The Balaban J connectivity index is 1.34. The molecular formula is C24H24N4OS2. The average molecular weight is 449 g/mol. The SMILES string of the molecule is CCc1nc(CN2CCN(C(=O)c3cc(-c4cccs4)nc4ccccc34)CC2)cs1. The maximum Gasteiger partial charge on any atom is 0.254 e. The van der Waals surface area contributed by atoms with Gasteiger partial charge in [-0.2, -0.15) is 0 Å². The van der Waals surface area contributed by atoms with E-state index in [1.807, 2.05) is 46.7 Å². The first kappa shape index (κ1) is 20.3. The second-order valence-corrected chi connectivity index (χ2v) is 9.59. The largest absolute Gasteiger partial charge is 0.336 e. The number of piperazine rings is 1. The van der Waals surface area contributed by atoms with E-state index in [4.69, 9.17) is 4.98 Å². The van der Waals surface area contributed by atoms with Gasteiger partial charge in [0.05, 0.1) is 32.4 Å². The van der Waals surface area contributed by atoms with Crippen LogP contribution in [0.5, 0.6) is 0 Å². The van der Waals surface area contributed by atoms with Crippen molar-refractivity contribution in [2.45, 2.75) is 19.9 Å². The molecule has 3 aromatic heterocycles. The van der Waals surface area contributed by atoms with Crippen LogP contribution in [0, 0.1) is 0 Å². The molecule has 158 valence electrons. The zero-order valence-corrected chi connectivity index (χ0v) is 19.1. The van der Waals surface area contributed by atoms with Crippen LogP contribution in [0.15, 0.2) is 53.2 Å². The van der Waals surface area contributed by atoms with Crippen LogP contribution in [0.25, 0.3) is 21.5 Å². The normalized spacial score (nSPS) is 14.9. The first-order valence-corrected chi connectivity index (χ1v) is 12.4. The molecule has 0 aliphatic carbocycles. The van der Waals surface area contributed by atoms with Crippen molar-refractivity contribution in [3.05, 3.63) is 69.5 Å². The molecule has 1 aliphatic rings. The van der Waals surface area contributed by atoms with E-state index in [1.54, 1.807) is 22.7 Å². The third kappa shape index (κ3) is 4.26. The van der Waals surface area contributed by atoms with Gasteiger partial charge in [0.1, 0.15) is 0 Å². The summed E-state index contributed by atoms with van der Waals surface area (Å²) in [4.78, 5) is 28.5. The van der Waals surface area contributed by atoms with Gasteiger partial charge in [-0.15, -0.1) is 22.7 Å². The van der Waals surface area contributed by atoms with Crippen molar-refractivity contribution < 1.29 is 4.79 Å². The fraction of sp³-hybridized carbons (Fsp3) is 0.292. The Morgan fingerprint density at radius 3 is 2.61 bits per heavy atom. The van der Waals surface area contributed by atoms with Gasteiger partial charge in [-0.1, -0.05) is 31.2 Å². The number of para-hydroxylation sites is 1. The maximum absolute atomic E-state index is 13.5. The van der Waals surface area contributed by atoms with Crippen molar-refractivity contribution in [3.8, 4) is 10.6 Å². The number of amides is 1. The first-order valence-electron chi connectivity index (χ1n) is 10.6. The number of nitrogens with zero attached hydrogens (tertiary/aromatic N) is 4. The third-order valence-electron chi connectivity index (χ3n) is 5.67. The minimum Gasteiger partial charge on any atom is -0.336 e. The van der Waals surface area contributed by atoms with Crippen molar-refractivity contribution in [1.29, 1.82) is 0 Å². The standard InChI is InChI=1S/C24H24N4OS2/c1-2-23-25-17(16-31-23)15-27-9-11-28(12-10-27)24(29)19-14-21(22-8-5-13-30-22)26-20-7-4-3-6-18(19)20/h3-8,13-14,16H,2,9-12,15H2,1H3. The van der Waals surface area contributed by atoms with E-state index >= 15 is 0 Å². The second kappa shape index (κ2) is 8.86. The van der Waals surface area contributed by atoms with Crippen LogP contribution in [0.1, 0.15) is 28.0 Å². The van der Waals surface area contributed by atoms with E-state index in [2.05, 4.69) is 28.3 Å². The van der Waals surface area contributed by atoms with Crippen molar-refractivity contribution in [2.24, 2.45) is 0 Å². The summed E-state index contributed by atoms with van der Waals surface area (Å²) < 4.78 is 0. The molecule has 1 amide bonds. The molecule has 0 unspecified atom stereocenters. The Hall–Kier alpha value is -2.61. The molecule has 5 rings (SSSR count). The van der Waals surface area contributed by atoms with E-state index < -0.39 is 0 Å². The Morgan fingerprint density at radius 2 is 1.87 bits per heavy atom. The second-order valence-electron chi connectivity index (χ2n) is 7.70. The van der Waals surface area contributed by atoms with Crippen LogP contribution in [0.3, 0.4) is 0 Å². The van der Waals surface area contributed by atoms with Crippen LogP contribution in [0.2, 0.25) is 0 Å². The molecule has 5 nitrogen and oxygen atoms in total. The fourth-order valence-corrected chi connectivity index (χ4v) is 5.42. The summed E-state index contributed by atoms with van der Waals surface area (Å²) in [6.45, 7) is 6.19. The summed E-state index contributed by atoms with van der Waals surface area (Å²) >= 11 is 3.38. The van der Waals surface area contributed by atoms with Crippen LogP contribution in [0.4, 0.5) is 0 Å². The predicted octanol–water partition coefficient (Wildman–Crippen LogP) is 4.94. The third-order valence-corrected chi connectivity index (χ3v) is 7.60. The lowest BCUT2D eigenvalue weighted by atomic mass is 10.1. The smallest absolute Gasteiger partial charge is 0.254 e. The van der Waals surface area contributed by atoms with Gasteiger partial charge in [-0.05, 0) is 30.0 Å². The van der Waals surface area contributed by atoms with Crippen LogP contribution >= 0.6 is 22.7 Å². The predicted molar refractivity (Wildman–Crippen MR) is 128 cm³/mol. The number of benzene rings is 1. The maximum atomic E-state index is 13.5. The lowest BCUT2D eigenvalue weighted by Gasteiger charge is -2.34. The lowest BCUT2D eigenvalue weighted by molar-refractivity contribution is 0.0629. The number of rotatable bonds is 5. The van der Waals surface area contributed by atoms with E-state index in [1.165, 1.54) is 5.01 Å². The summed E-state index contributed by atoms with van der Waals surface area (Å²) in [7, 11) is 0. The van der Waals surface area contributed by atoms with E-state index in [-0.39, 0.29) is 5.91 Å². The summed E-state index contributed by atoms with van der Waals surface area (Å²) in [6.07, 6.45) is 0.986. The molecule has 0 saturated carbocycles. The van der Waals surface area contributed by atoms with Crippen molar-refractivity contribution in [2.75, 3.05) is 26.2 Å². The number of carbonyl (C=O) groups excluding carboxylic acids is 1. The summed E-state index contributed by atoms with van der Waals surface area (Å²) in [6, 6.07) is 14.0. The molecule has 4 aromatic rings. The quantitative estimate of drug-likeness (QED) is 0.434. The number of hydrogen-bond acceptors (Lipinski definition) is 6. The zero-order chi connectivity index (χ0) is 21.2. The first-order chi connectivity index (χ1) is 15.2. The van der Waals surface area contributed by atoms with Crippen LogP contribution < -0.4 is 0 Å². The Morgan fingerprint density at radius 1 is 1.03 bits per heavy atom. The van der Waals surface area contributed by atoms with Crippen LogP contribution in [-0.2, 0) is 13.0 Å². The van der Waals surface area contributed by atoms with Crippen molar-refractivity contribution in [1.82, 2.24) is 19.8 Å². The highest BCUT2D eigenvalue weighted by molar-refractivity contribution is 7.13. The molecule has 1 aliphatic heterocycles. The molecule has 0 N–H and O–H groups in total. The van der Waals surface area contributed by atoms with Gasteiger partial charge in [-0.3, -0.25) is 9.69 Å². The summed E-state index contributed by atoms with van der Waals surface area (Å²) in [5.74, 6) is 0.0954. The van der Waals surface area contributed by atoms with Crippen LogP contribution in [-0.4, -0.2) is 51.9 Å². The number of pyridine rings is 1. The fourth-order valence-electron chi connectivity index (χ4n) is 4.00. The lowest BCUT2D eigenvalue weighted by Crippen LogP contribution is -2.48. The number of aromatic nitrogens is 2. The summed E-state index contributed by atoms with van der Waals surface area (Å²) in [5.41, 5.74) is 3.62. The Bertz CT molecular complexity index is 1190. The molecule has 1 fully saturated rings. The minimum atomic E-state index is 0.0954. The van der Waals surface area contributed by atoms with Gasteiger partial charge in [0.2, 0.25) is 0 Å². The van der Waals surface area contributed by atoms with Crippen molar-refractivity contribution >= 4 is 39.5 Å². The molecule has 1 saturated heterocycles. The number of fused-ring (bicyclic) bond motifs is 1. The minimum absolute atomic E-state index is 0.0954. The number of aryl methyl sites for hydroxylation is 1. The van der Waals surface area contributed by atoms with Gasteiger partial charge in [0, 0.05) is 43.5 Å². The highest BCUT2D eigenvalue weighted by Crippen LogP contribution is 2.29. The van der Waals surface area contributed by atoms with E-state index in [9.17, 15) is 4.79 Å². The van der Waals surface area contributed by atoms with E-state index in [0.717, 1.165) is 71.9 Å². The highest BCUT2D eigenvalue weighted by atomic mass is 32.1. The Labute approximate surface area is 190 Å². The highest BCUT2D eigenvalue weighted by Gasteiger charge is 2.24. The number of hydrogen-bond donors (Lipinski definition) is 0. The summed E-state index contributed by atoms with van der Waals surface area (Å²) in [5, 5.41) is 6.31. The molecule has 0 atom stereocenters. The number of thiazole rings is 1. The molecule has 4 heterocycles. The Kier molecular flexibility index (Phi) is 5.80. The van der Waals surface area contributed by atoms with Gasteiger partial charge < -0.3 is 4.90 Å². The monoisotopic (exact) mass is 448 g/mol. The molecule has 31 heavy (non-hydrogen) atoms. The molecule has 0 spiro atoms. The molecule has 0 radical (unpaired) electrons. The van der Waals surface area contributed by atoms with Gasteiger partial charge in [0.15, 0.2) is 0 Å². The number of carbonyl (C=O) groups is 1. The number of thiophene rings is 1.